The van der Waals surface area contributed by atoms with Crippen LogP contribution in [0.25, 0.3) is 11.4 Å². The second-order valence-corrected chi connectivity index (χ2v) is 4.33. The van der Waals surface area contributed by atoms with Crippen molar-refractivity contribution in [3.8, 4) is 11.4 Å². The molecule has 1 aliphatic heterocycles. The second kappa shape index (κ2) is 4.30. The van der Waals surface area contributed by atoms with Gasteiger partial charge in [-0.3, -0.25) is 9.36 Å². The summed E-state index contributed by atoms with van der Waals surface area (Å²) < 4.78 is 1.65. The molecule has 6 heteroatoms. The Bertz CT molecular complexity index is 622. The number of nitrogens with two attached hydrogens (primary N) is 1. The molecule has 0 aliphatic carbocycles. The molecule has 1 atom stereocenters. The molecule has 0 bridgehead atoms. The van der Waals surface area contributed by atoms with Crippen molar-refractivity contribution in [1.29, 1.82) is 0 Å². The molecule has 3 heterocycles. The average molecular weight is 243 g/mol. The monoisotopic (exact) mass is 243 g/mol. The van der Waals surface area contributed by atoms with Gasteiger partial charge in [0.05, 0.1) is 17.4 Å². The summed E-state index contributed by atoms with van der Waals surface area (Å²) in [5, 5.41) is 0. The van der Waals surface area contributed by atoms with Crippen LogP contribution in [0.1, 0.15) is 24.7 Å². The summed E-state index contributed by atoms with van der Waals surface area (Å²) in [6.45, 7) is 0.693. The zero-order chi connectivity index (χ0) is 12.5. The van der Waals surface area contributed by atoms with E-state index in [1.54, 1.807) is 16.8 Å². The minimum Gasteiger partial charge on any atom is -0.321 e. The van der Waals surface area contributed by atoms with E-state index in [1.807, 2.05) is 0 Å². The number of rotatable bonds is 1. The van der Waals surface area contributed by atoms with Crippen molar-refractivity contribution in [3.05, 3.63) is 40.8 Å². The van der Waals surface area contributed by atoms with Crippen LogP contribution in [0.2, 0.25) is 0 Å². The van der Waals surface area contributed by atoms with Crippen LogP contribution in [0.4, 0.5) is 0 Å². The first-order chi connectivity index (χ1) is 8.75. The summed E-state index contributed by atoms with van der Waals surface area (Å²) in [6.07, 6.45) is 4.84. The van der Waals surface area contributed by atoms with Crippen LogP contribution < -0.4 is 11.3 Å². The molecule has 1 aliphatic rings. The summed E-state index contributed by atoms with van der Waals surface area (Å²) >= 11 is 0. The molecular formula is C12H13N5O. The van der Waals surface area contributed by atoms with Crippen molar-refractivity contribution in [2.45, 2.75) is 25.4 Å². The van der Waals surface area contributed by atoms with Gasteiger partial charge in [0.1, 0.15) is 12.2 Å². The molecular weight excluding hydrogens is 230 g/mol. The van der Waals surface area contributed by atoms with Crippen LogP contribution in [0.15, 0.2) is 29.5 Å². The highest BCUT2D eigenvalue weighted by Crippen LogP contribution is 2.21. The molecule has 2 N–H and O–H groups in total. The molecule has 18 heavy (non-hydrogen) atoms. The third-order valence-corrected chi connectivity index (χ3v) is 3.11. The van der Waals surface area contributed by atoms with Crippen molar-refractivity contribution in [3.63, 3.8) is 0 Å². The molecule has 0 saturated heterocycles. The minimum atomic E-state index is -0.173. The first-order valence-corrected chi connectivity index (χ1v) is 5.89. The van der Waals surface area contributed by atoms with Crippen molar-refractivity contribution >= 4 is 0 Å². The van der Waals surface area contributed by atoms with Gasteiger partial charge < -0.3 is 5.73 Å². The highest BCUT2D eigenvalue weighted by molar-refractivity contribution is 5.52. The van der Waals surface area contributed by atoms with Crippen LogP contribution in [0.5, 0.6) is 0 Å². The van der Waals surface area contributed by atoms with E-state index in [4.69, 9.17) is 5.73 Å². The van der Waals surface area contributed by atoms with E-state index >= 15 is 0 Å². The largest absolute Gasteiger partial charge is 0.321 e. The van der Waals surface area contributed by atoms with Crippen molar-refractivity contribution < 1.29 is 0 Å². The fourth-order valence-electron chi connectivity index (χ4n) is 2.20. The molecule has 0 saturated carbocycles. The Hall–Kier alpha value is -2.08. The third kappa shape index (κ3) is 1.80. The summed E-state index contributed by atoms with van der Waals surface area (Å²) in [4.78, 5) is 24.5. The SMILES string of the molecule is NC1CCCn2c1nc(-c1ccncn1)cc2=O. The Morgan fingerprint density at radius 3 is 3.06 bits per heavy atom. The van der Waals surface area contributed by atoms with Crippen LogP contribution in [-0.2, 0) is 6.54 Å². The fourth-order valence-corrected chi connectivity index (χ4v) is 2.20. The highest BCUT2D eigenvalue weighted by atomic mass is 16.1. The number of nitrogens with zero attached hydrogens (tertiary/aromatic N) is 4. The van der Waals surface area contributed by atoms with Gasteiger partial charge in [0.2, 0.25) is 0 Å². The lowest BCUT2D eigenvalue weighted by Gasteiger charge is -2.22. The lowest BCUT2D eigenvalue weighted by Crippen LogP contribution is -2.33. The van der Waals surface area contributed by atoms with Gasteiger partial charge in [0.15, 0.2) is 0 Å². The smallest absolute Gasteiger partial charge is 0.254 e. The van der Waals surface area contributed by atoms with Gasteiger partial charge in [-0.2, -0.15) is 0 Å². The third-order valence-electron chi connectivity index (χ3n) is 3.11. The standard InChI is InChI=1S/C12H13N5O/c13-8-2-1-5-17-11(18)6-10(16-12(8)17)9-3-4-14-7-15-9/h3-4,6-8H,1-2,5,13H2. The van der Waals surface area contributed by atoms with Gasteiger partial charge in [-0.1, -0.05) is 0 Å². The highest BCUT2D eigenvalue weighted by Gasteiger charge is 2.20. The molecule has 0 radical (unpaired) electrons. The van der Waals surface area contributed by atoms with Gasteiger partial charge in [-0.25, -0.2) is 15.0 Å². The Morgan fingerprint density at radius 1 is 1.39 bits per heavy atom. The summed E-state index contributed by atoms with van der Waals surface area (Å²) in [7, 11) is 0. The molecule has 0 amide bonds. The number of fused-ring (bicyclic) bond motifs is 1. The van der Waals surface area contributed by atoms with Crippen LogP contribution in [0.3, 0.4) is 0 Å². The topological polar surface area (TPSA) is 86.7 Å². The van der Waals surface area contributed by atoms with Gasteiger partial charge in [0.25, 0.3) is 5.56 Å². The van der Waals surface area contributed by atoms with E-state index in [2.05, 4.69) is 15.0 Å². The van der Waals surface area contributed by atoms with Crippen LogP contribution in [0, 0.1) is 0 Å². The van der Waals surface area contributed by atoms with Crippen molar-refractivity contribution in [2.75, 3.05) is 0 Å². The van der Waals surface area contributed by atoms with Gasteiger partial charge in [0, 0.05) is 18.8 Å². The zero-order valence-corrected chi connectivity index (χ0v) is 9.78. The maximum Gasteiger partial charge on any atom is 0.254 e. The Morgan fingerprint density at radius 2 is 2.28 bits per heavy atom. The Kier molecular flexibility index (Phi) is 2.64. The van der Waals surface area contributed by atoms with E-state index in [0.29, 0.717) is 23.8 Å². The lowest BCUT2D eigenvalue weighted by molar-refractivity contribution is 0.432. The van der Waals surface area contributed by atoms with E-state index in [-0.39, 0.29) is 11.6 Å². The quantitative estimate of drug-likeness (QED) is 0.787. The number of aromatic nitrogens is 4. The second-order valence-electron chi connectivity index (χ2n) is 4.33. The van der Waals surface area contributed by atoms with Crippen LogP contribution in [-0.4, -0.2) is 19.5 Å². The van der Waals surface area contributed by atoms with E-state index in [1.165, 1.54) is 12.4 Å². The number of hydrogen-bond acceptors (Lipinski definition) is 5. The Balaban J connectivity index is 2.17. The van der Waals surface area contributed by atoms with Gasteiger partial charge in [-0.15, -0.1) is 0 Å². The number of hydrogen-bond donors (Lipinski definition) is 1. The van der Waals surface area contributed by atoms with E-state index in [0.717, 1.165) is 12.8 Å². The molecule has 92 valence electrons. The maximum atomic E-state index is 12.0. The van der Waals surface area contributed by atoms with Crippen LogP contribution >= 0.6 is 0 Å². The predicted octanol–water partition coefficient (Wildman–Crippen LogP) is 0.494. The predicted molar refractivity (Wildman–Crippen MR) is 65.7 cm³/mol. The van der Waals surface area contributed by atoms with Crippen molar-refractivity contribution in [1.82, 2.24) is 19.5 Å². The first-order valence-electron chi connectivity index (χ1n) is 5.89. The molecule has 0 spiro atoms. The average Bonchev–Trinajstić information content (AvgIpc) is 2.41. The van der Waals surface area contributed by atoms with Gasteiger partial charge in [-0.05, 0) is 18.9 Å². The maximum absolute atomic E-state index is 12.0. The minimum absolute atomic E-state index is 0.0660. The normalized spacial score (nSPS) is 18.4. The van der Waals surface area contributed by atoms with Crippen molar-refractivity contribution in [2.24, 2.45) is 5.73 Å². The molecule has 0 aromatic carbocycles. The van der Waals surface area contributed by atoms with Gasteiger partial charge >= 0.3 is 0 Å². The fraction of sp³-hybridized carbons (Fsp3) is 0.333. The summed E-state index contributed by atoms with van der Waals surface area (Å²) in [5.41, 5.74) is 7.14. The molecule has 2 aromatic rings. The molecule has 2 aromatic heterocycles. The summed E-state index contributed by atoms with van der Waals surface area (Å²) in [6, 6.07) is 3.06. The molecule has 6 nitrogen and oxygen atoms in total. The Labute approximate surface area is 104 Å². The summed E-state index contributed by atoms with van der Waals surface area (Å²) in [5.74, 6) is 0.655. The molecule has 1 unspecified atom stereocenters. The zero-order valence-electron chi connectivity index (χ0n) is 9.78. The lowest BCUT2D eigenvalue weighted by atomic mass is 10.1. The molecule has 3 rings (SSSR count). The first kappa shape index (κ1) is 11.0. The van der Waals surface area contributed by atoms with E-state index < -0.39 is 0 Å². The molecule has 0 fully saturated rings. The van der Waals surface area contributed by atoms with E-state index in [9.17, 15) is 4.79 Å².